The maximum atomic E-state index is 5.53. The van der Waals surface area contributed by atoms with Crippen molar-refractivity contribution in [1.29, 1.82) is 0 Å². The number of methoxy groups -OCH3 is 2. The van der Waals surface area contributed by atoms with Gasteiger partial charge in [-0.3, -0.25) is 0 Å². The highest BCUT2D eigenvalue weighted by Crippen LogP contribution is 2.36. The molecule has 0 aliphatic rings. The van der Waals surface area contributed by atoms with Crippen LogP contribution in [0, 0.1) is 0 Å². The Morgan fingerprint density at radius 2 is 2.11 bits per heavy atom. The molecule has 0 saturated heterocycles. The lowest BCUT2D eigenvalue weighted by Crippen LogP contribution is -2.01. The predicted octanol–water partition coefficient (Wildman–Crippen LogP) is 2.33. The van der Waals surface area contributed by atoms with Crippen molar-refractivity contribution in [3.05, 3.63) is 29.4 Å². The van der Waals surface area contributed by atoms with Gasteiger partial charge in [0.1, 0.15) is 11.5 Å². The Kier molecular flexibility index (Phi) is 4.17. The van der Waals surface area contributed by atoms with Gasteiger partial charge in [-0.2, -0.15) is 0 Å². The number of hydrogen-bond acceptors (Lipinski definition) is 5. The molecule has 0 spiro atoms. The summed E-state index contributed by atoms with van der Waals surface area (Å²) in [6, 6.07) is 5.77. The summed E-state index contributed by atoms with van der Waals surface area (Å²) in [4.78, 5) is 5.43. The van der Waals surface area contributed by atoms with Crippen molar-refractivity contribution in [1.82, 2.24) is 4.98 Å². The summed E-state index contributed by atoms with van der Waals surface area (Å²) in [6.45, 7) is 0.618. The number of hydrogen-bond donors (Lipinski definition) is 1. The molecule has 0 fully saturated rings. The summed E-state index contributed by atoms with van der Waals surface area (Å²) in [7, 11) is 3.29. The third-order valence-electron chi connectivity index (χ3n) is 2.59. The van der Waals surface area contributed by atoms with Crippen LogP contribution in [0.3, 0.4) is 0 Å². The molecule has 0 aliphatic heterocycles. The molecule has 18 heavy (non-hydrogen) atoms. The molecule has 1 heterocycles. The van der Waals surface area contributed by atoms with Crippen molar-refractivity contribution in [3.8, 4) is 21.9 Å². The molecule has 96 valence electrons. The van der Waals surface area contributed by atoms with Crippen LogP contribution in [0.1, 0.15) is 5.01 Å². The molecule has 0 amide bonds. The standard InChI is InChI=1S/C13H16N2O2S/c1-16-9-3-4-10(11(7-9)17-2)12-8-15-13(18-12)5-6-14/h3-4,7-8H,5-6,14H2,1-2H3. The second-order valence-electron chi connectivity index (χ2n) is 3.72. The maximum Gasteiger partial charge on any atom is 0.131 e. The Hall–Kier alpha value is -1.59. The van der Waals surface area contributed by atoms with Crippen LogP contribution in [-0.2, 0) is 6.42 Å². The minimum atomic E-state index is 0.618. The third kappa shape index (κ3) is 2.63. The van der Waals surface area contributed by atoms with E-state index in [1.54, 1.807) is 25.6 Å². The van der Waals surface area contributed by atoms with Crippen LogP contribution in [0.4, 0.5) is 0 Å². The lowest BCUT2D eigenvalue weighted by Gasteiger charge is -2.08. The van der Waals surface area contributed by atoms with Gasteiger partial charge in [-0.25, -0.2) is 4.98 Å². The smallest absolute Gasteiger partial charge is 0.131 e. The monoisotopic (exact) mass is 264 g/mol. The van der Waals surface area contributed by atoms with Crippen molar-refractivity contribution in [2.75, 3.05) is 20.8 Å². The van der Waals surface area contributed by atoms with Crippen LogP contribution in [0.15, 0.2) is 24.4 Å². The number of thiazole rings is 1. The zero-order valence-corrected chi connectivity index (χ0v) is 11.3. The average molecular weight is 264 g/mol. The van der Waals surface area contributed by atoms with E-state index in [0.29, 0.717) is 6.54 Å². The number of benzene rings is 1. The molecule has 2 N–H and O–H groups in total. The zero-order chi connectivity index (χ0) is 13.0. The molecule has 0 unspecified atom stereocenters. The third-order valence-corrected chi connectivity index (χ3v) is 3.68. The highest BCUT2D eigenvalue weighted by molar-refractivity contribution is 7.15. The first-order valence-electron chi connectivity index (χ1n) is 5.65. The van der Waals surface area contributed by atoms with Crippen molar-refractivity contribution >= 4 is 11.3 Å². The van der Waals surface area contributed by atoms with E-state index in [9.17, 15) is 0 Å². The second-order valence-corrected chi connectivity index (χ2v) is 4.84. The summed E-state index contributed by atoms with van der Waals surface area (Å²) in [5, 5.41) is 1.05. The predicted molar refractivity (Wildman–Crippen MR) is 73.4 cm³/mol. The fourth-order valence-corrected chi connectivity index (χ4v) is 2.64. The Bertz CT molecular complexity index is 525. The first-order chi connectivity index (χ1) is 8.78. The van der Waals surface area contributed by atoms with Gasteiger partial charge in [-0.05, 0) is 18.7 Å². The fraction of sp³-hybridized carbons (Fsp3) is 0.308. The van der Waals surface area contributed by atoms with Gasteiger partial charge in [0.2, 0.25) is 0 Å². The van der Waals surface area contributed by atoms with Crippen LogP contribution in [0.5, 0.6) is 11.5 Å². The van der Waals surface area contributed by atoms with Crippen LogP contribution >= 0.6 is 11.3 Å². The number of nitrogens with two attached hydrogens (primary N) is 1. The number of rotatable bonds is 5. The quantitative estimate of drug-likeness (QED) is 0.900. The summed E-state index contributed by atoms with van der Waals surface area (Å²) in [5.41, 5.74) is 6.55. The lowest BCUT2D eigenvalue weighted by molar-refractivity contribution is 0.395. The van der Waals surface area contributed by atoms with E-state index in [1.807, 2.05) is 24.4 Å². The van der Waals surface area contributed by atoms with Crippen LogP contribution in [-0.4, -0.2) is 25.7 Å². The molecule has 0 atom stereocenters. The van der Waals surface area contributed by atoms with Gasteiger partial charge in [0.25, 0.3) is 0 Å². The summed E-state index contributed by atoms with van der Waals surface area (Å²) >= 11 is 1.64. The molecule has 0 aliphatic carbocycles. The number of aromatic nitrogens is 1. The molecular formula is C13H16N2O2S. The van der Waals surface area contributed by atoms with Gasteiger partial charge in [-0.15, -0.1) is 11.3 Å². The molecule has 0 radical (unpaired) electrons. The second kappa shape index (κ2) is 5.84. The highest BCUT2D eigenvalue weighted by Gasteiger charge is 2.10. The van der Waals surface area contributed by atoms with Crippen molar-refractivity contribution in [3.63, 3.8) is 0 Å². The summed E-state index contributed by atoms with van der Waals surface area (Å²) < 4.78 is 10.6. The van der Waals surface area contributed by atoms with E-state index in [2.05, 4.69) is 4.98 Å². The molecule has 5 heteroatoms. The molecule has 1 aromatic carbocycles. The maximum absolute atomic E-state index is 5.53. The van der Waals surface area contributed by atoms with Crippen LogP contribution in [0.2, 0.25) is 0 Å². The Balaban J connectivity index is 2.36. The summed E-state index contributed by atoms with van der Waals surface area (Å²) in [5.74, 6) is 1.57. The SMILES string of the molecule is COc1ccc(-c2cnc(CCN)s2)c(OC)c1. The molecule has 1 aromatic heterocycles. The van der Waals surface area contributed by atoms with Crippen molar-refractivity contribution in [2.24, 2.45) is 5.73 Å². The highest BCUT2D eigenvalue weighted by atomic mass is 32.1. The van der Waals surface area contributed by atoms with Gasteiger partial charge in [0.15, 0.2) is 0 Å². The first kappa shape index (κ1) is 12.9. The first-order valence-corrected chi connectivity index (χ1v) is 6.47. The van der Waals surface area contributed by atoms with E-state index in [1.165, 1.54) is 0 Å². The van der Waals surface area contributed by atoms with Gasteiger partial charge in [0, 0.05) is 24.2 Å². The zero-order valence-electron chi connectivity index (χ0n) is 10.5. The molecular weight excluding hydrogens is 248 g/mol. The fourth-order valence-electron chi connectivity index (χ4n) is 1.68. The van der Waals surface area contributed by atoms with Crippen LogP contribution in [0.25, 0.3) is 10.4 Å². The van der Waals surface area contributed by atoms with E-state index >= 15 is 0 Å². The van der Waals surface area contributed by atoms with Crippen molar-refractivity contribution < 1.29 is 9.47 Å². The van der Waals surface area contributed by atoms with E-state index in [4.69, 9.17) is 15.2 Å². The van der Waals surface area contributed by atoms with Gasteiger partial charge in [0.05, 0.1) is 24.1 Å². The van der Waals surface area contributed by atoms with E-state index in [-0.39, 0.29) is 0 Å². The van der Waals surface area contributed by atoms with E-state index < -0.39 is 0 Å². The lowest BCUT2D eigenvalue weighted by atomic mass is 10.1. The molecule has 2 aromatic rings. The Labute approximate surface area is 110 Å². The molecule has 2 rings (SSSR count). The number of ether oxygens (including phenoxy) is 2. The van der Waals surface area contributed by atoms with Crippen molar-refractivity contribution in [2.45, 2.75) is 6.42 Å². The molecule has 0 saturated carbocycles. The normalized spacial score (nSPS) is 10.4. The average Bonchev–Trinajstić information content (AvgIpc) is 2.87. The Morgan fingerprint density at radius 1 is 1.28 bits per heavy atom. The van der Waals surface area contributed by atoms with Gasteiger partial charge < -0.3 is 15.2 Å². The topological polar surface area (TPSA) is 57.4 Å². The van der Waals surface area contributed by atoms with E-state index in [0.717, 1.165) is 33.4 Å². The van der Waals surface area contributed by atoms with Gasteiger partial charge >= 0.3 is 0 Å². The molecule has 0 bridgehead atoms. The largest absolute Gasteiger partial charge is 0.497 e. The molecule has 4 nitrogen and oxygen atoms in total. The van der Waals surface area contributed by atoms with Crippen LogP contribution < -0.4 is 15.2 Å². The minimum absolute atomic E-state index is 0.618. The minimum Gasteiger partial charge on any atom is -0.497 e. The summed E-state index contributed by atoms with van der Waals surface area (Å²) in [6.07, 6.45) is 2.67. The van der Waals surface area contributed by atoms with Gasteiger partial charge in [-0.1, -0.05) is 0 Å². The Morgan fingerprint density at radius 3 is 2.78 bits per heavy atom. The number of nitrogens with zero attached hydrogens (tertiary/aromatic N) is 1.